The van der Waals surface area contributed by atoms with Gasteiger partial charge in [-0.15, -0.1) is 22.6 Å². The Kier molecular flexibility index (Phi) is 5.89. The predicted octanol–water partition coefficient (Wildman–Crippen LogP) is 3.97. The Bertz CT molecular complexity index is 543. The van der Waals surface area contributed by atoms with Crippen LogP contribution in [-0.2, 0) is 5.75 Å². The minimum absolute atomic E-state index is 0. The maximum Gasteiger partial charge on any atom is 0.276 e. The number of hydrogen-bond acceptors (Lipinski definition) is 5. The molecule has 0 spiro atoms. The maximum absolute atomic E-state index is 5.68. The first kappa shape index (κ1) is 15.8. The molecule has 0 unspecified atom stereocenters. The van der Waals surface area contributed by atoms with E-state index in [0.717, 1.165) is 29.1 Å². The maximum atomic E-state index is 5.68. The van der Waals surface area contributed by atoms with Crippen molar-refractivity contribution in [3.05, 3.63) is 40.2 Å². The van der Waals surface area contributed by atoms with Crippen LogP contribution in [0.5, 0.6) is 0 Å². The normalized spacial score (nSPS) is 17.9. The van der Waals surface area contributed by atoms with E-state index in [0.29, 0.717) is 5.22 Å². The fraction of sp³-hybridized carbons (Fsp3) is 0.385. The second-order valence-corrected chi connectivity index (χ2v) is 6.31. The molecule has 0 amide bonds. The highest BCUT2D eigenvalue weighted by Crippen LogP contribution is 2.27. The summed E-state index contributed by atoms with van der Waals surface area (Å²) in [4.78, 5) is 0. The Balaban J connectivity index is 0.00000147. The molecule has 2 aromatic rings. The summed E-state index contributed by atoms with van der Waals surface area (Å²) in [7, 11) is 0. The number of nitrogens with zero attached hydrogens (tertiary/aromatic N) is 2. The van der Waals surface area contributed by atoms with Gasteiger partial charge in [0.15, 0.2) is 0 Å². The zero-order chi connectivity index (χ0) is 13.1. The van der Waals surface area contributed by atoms with Crippen LogP contribution in [0, 0.1) is 0 Å². The zero-order valence-corrected chi connectivity index (χ0v) is 13.9. The Labute approximate surface area is 136 Å². The van der Waals surface area contributed by atoms with E-state index in [4.69, 9.17) is 4.42 Å². The molecule has 0 bridgehead atoms. The molecule has 2 heterocycles. The third-order valence-corrected chi connectivity index (χ3v) is 4.47. The van der Waals surface area contributed by atoms with Crippen LogP contribution in [0.4, 0.5) is 0 Å². The second kappa shape index (κ2) is 7.45. The average Bonchev–Trinajstić information content (AvgIpc) is 3.09. The van der Waals surface area contributed by atoms with Crippen LogP contribution in [-0.4, -0.2) is 16.7 Å². The van der Waals surface area contributed by atoms with Gasteiger partial charge in [0.05, 0.1) is 6.04 Å². The minimum atomic E-state index is 0. The molecule has 0 aliphatic carbocycles. The van der Waals surface area contributed by atoms with Crippen molar-refractivity contribution < 1.29 is 4.42 Å². The molecule has 1 N–H and O–H groups in total. The zero-order valence-electron chi connectivity index (χ0n) is 10.7. The lowest BCUT2D eigenvalue weighted by Gasteiger charge is -2.02. The third-order valence-electron chi connectivity index (χ3n) is 3.06. The first-order chi connectivity index (χ1) is 9.31. The Hall–Kier alpha value is -0.560. The van der Waals surface area contributed by atoms with Gasteiger partial charge >= 0.3 is 0 Å². The van der Waals surface area contributed by atoms with Crippen LogP contribution < -0.4 is 5.32 Å². The van der Waals surface area contributed by atoms with Gasteiger partial charge in [-0.05, 0) is 37.1 Å². The Morgan fingerprint density at radius 2 is 2.10 bits per heavy atom. The first-order valence-corrected chi connectivity index (χ1v) is 8.03. The Morgan fingerprint density at radius 1 is 1.30 bits per heavy atom. The van der Waals surface area contributed by atoms with Crippen molar-refractivity contribution in [2.45, 2.75) is 29.9 Å². The molecule has 0 saturated carbocycles. The van der Waals surface area contributed by atoms with Crippen molar-refractivity contribution in [3.63, 3.8) is 0 Å². The highest BCUT2D eigenvalue weighted by molar-refractivity contribution is 9.10. The number of halogens is 2. The largest absolute Gasteiger partial charge is 0.414 e. The van der Waals surface area contributed by atoms with E-state index in [2.05, 4.69) is 43.6 Å². The highest BCUT2D eigenvalue weighted by atomic mass is 79.9. The summed E-state index contributed by atoms with van der Waals surface area (Å²) in [5.74, 6) is 1.56. The van der Waals surface area contributed by atoms with Crippen LogP contribution in [0.2, 0.25) is 0 Å². The topological polar surface area (TPSA) is 51.0 Å². The standard InChI is InChI=1S/C13H14BrN3OS.ClH/c14-10-5-3-9(4-6-10)8-19-13-17-16-12(18-13)11-2-1-7-15-11;/h3-6,11,15H,1-2,7-8H2;1H/t11-;/m0./s1. The molecule has 7 heteroatoms. The van der Waals surface area contributed by atoms with Crippen LogP contribution in [0.3, 0.4) is 0 Å². The summed E-state index contributed by atoms with van der Waals surface area (Å²) in [6, 6.07) is 8.50. The lowest BCUT2D eigenvalue weighted by molar-refractivity contribution is 0.374. The van der Waals surface area contributed by atoms with E-state index in [1.807, 2.05) is 12.1 Å². The summed E-state index contributed by atoms with van der Waals surface area (Å²) >= 11 is 5.00. The number of benzene rings is 1. The fourth-order valence-electron chi connectivity index (χ4n) is 2.04. The van der Waals surface area contributed by atoms with E-state index < -0.39 is 0 Å². The quantitative estimate of drug-likeness (QED) is 0.818. The van der Waals surface area contributed by atoms with Gasteiger partial charge in [0.25, 0.3) is 5.22 Å². The van der Waals surface area contributed by atoms with E-state index in [1.54, 1.807) is 11.8 Å². The molecule has 1 saturated heterocycles. The summed E-state index contributed by atoms with van der Waals surface area (Å²) < 4.78 is 6.77. The number of nitrogens with one attached hydrogen (secondary N) is 1. The van der Waals surface area contributed by atoms with Crippen molar-refractivity contribution in [1.82, 2.24) is 15.5 Å². The Morgan fingerprint density at radius 3 is 2.80 bits per heavy atom. The third kappa shape index (κ3) is 3.97. The fourth-order valence-corrected chi connectivity index (χ4v) is 3.03. The summed E-state index contributed by atoms with van der Waals surface area (Å²) in [6.07, 6.45) is 2.26. The SMILES string of the molecule is Brc1ccc(CSc2nnc([C@@H]3CCCN3)o2)cc1.Cl. The smallest absolute Gasteiger partial charge is 0.276 e. The number of thioether (sulfide) groups is 1. The van der Waals surface area contributed by atoms with Gasteiger partial charge in [0.2, 0.25) is 5.89 Å². The van der Waals surface area contributed by atoms with Gasteiger partial charge in [-0.3, -0.25) is 0 Å². The van der Waals surface area contributed by atoms with Gasteiger partial charge < -0.3 is 9.73 Å². The van der Waals surface area contributed by atoms with Crippen molar-refractivity contribution in [3.8, 4) is 0 Å². The molecule has 108 valence electrons. The molecule has 1 atom stereocenters. The lowest BCUT2D eigenvalue weighted by Crippen LogP contribution is -2.12. The van der Waals surface area contributed by atoms with E-state index in [1.165, 1.54) is 12.0 Å². The van der Waals surface area contributed by atoms with Gasteiger partial charge in [-0.1, -0.05) is 39.8 Å². The minimum Gasteiger partial charge on any atom is -0.414 e. The van der Waals surface area contributed by atoms with Crippen molar-refractivity contribution in [2.75, 3.05) is 6.54 Å². The first-order valence-electron chi connectivity index (χ1n) is 6.25. The monoisotopic (exact) mass is 375 g/mol. The number of aromatic nitrogens is 2. The van der Waals surface area contributed by atoms with E-state index in [9.17, 15) is 0 Å². The van der Waals surface area contributed by atoms with Crippen LogP contribution in [0.1, 0.15) is 30.3 Å². The van der Waals surface area contributed by atoms with Crippen molar-refractivity contribution in [2.24, 2.45) is 0 Å². The highest BCUT2D eigenvalue weighted by Gasteiger charge is 2.22. The summed E-state index contributed by atoms with van der Waals surface area (Å²) in [6.45, 7) is 1.04. The van der Waals surface area contributed by atoms with Crippen LogP contribution in [0.15, 0.2) is 38.4 Å². The molecule has 1 fully saturated rings. The van der Waals surface area contributed by atoms with Crippen molar-refractivity contribution >= 4 is 40.1 Å². The average molecular weight is 377 g/mol. The molecule has 1 aromatic heterocycles. The van der Waals surface area contributed by atoms with Crippen molar-refractivity contribution in [1.29, 1.82) is 0 Å². The summed E-state index contributed by atoms with van der Waals surface area (Å²) in [5.41, 5.74) is 1.24. The lowest BCUT2D eigenvalue weighted by atomic mass is 10.2. The molecule has 3 rings (SSSR count). The number of rotatable bonds is 4. The second-order valence-electron chi connectivity index (χ2n) is 4.47. The number of hydrogen-bond donors (Lipinski definition) is 1. The molecule has 0 radical (unpaired) electrons. The van der Waals surface area contributed by atoms with Gasteiger partial charge in [-0.2, -0.15) is 0 Å². The molecule has 1 aliphatic rings. The van der Waals surface area contributed by atoms with E-state index >= 15 is 0 Å². The van der Waals surface area contributed by atoms with Gasteiger partial charge in [0.1, 0.15) is 0 Å². The van der Waals surface area contributed by atoms with Gasteiger partial charge in [0, 0.05) is 10.2 Å². The molecule has 1 aliphatic heterocycles. The molecular formula is C13H15BrClN3OS. The van der Waals surface area contributed by atoms with E-state index in [-0.39, 0.29) is 18.4 Å². The predicted molar refractivity (Wildman–Crippen MR) is 85.2 cm³/mol. The van der Waals surface area contributed by atoms with Crippen LogP contribution >= 0.6 is 40.1 Å². The van der Waals surface area contributed by atoms with Crippen LogP contribution in [0.25, 0.3) is 0 Å². The molecule has 1 aromatic carbocycles. The molecule has 4 nitrogen and oxygen atoms in total. The summed E-state index contributed by atoms with van der Waals surface area (Å²) in [5, 5.41) is 12.2. The molecular weight excluding hydrogens is 362 g/mol. The molecule has 20 heavy (non-hydrogen) atoms. The van der Waals surface area contributed by atoms with Gasteiger partial charge in [-0.25, -0.2) is 0 Å².